The van der Waals surface area contributed by atoms with Gasteiger partial charge in [-0.05, 0) is 17.7 Å². The van der Waals surface area contributed by atoms with Gasteiger partial charge in [-0.15, -0.1) is 0 Å². The summed E-state index contributed by atoms with van der Waals surface area (Å²) in [5.41, 5.74) is 5.33. The minimum atomic E-state index is -4.75. The molecule has 0 fully saturated rings. The summed E-state index contributed by atoms with van der Waals surface area (Å²) in [7, 11) is 0. The maximum atomic E-state index is 12.1. The molecule has 3 nitrogen and oxygen atoms in total. The number of hydrogen-bond donors (Lipinski definition) is 3. The molecule has 15 heavy (non-hydrogen) atoms. The summed E-state index contributed by atoms with van der Waals surface area (Å²) in [4.78, 5) is 0. The average molecular weight is 221 g/mol. The highest BCUT2D eigenvalue weighted by atomic mass is 19.4. The fraction of sp³-hybridized carbons (Fsp3) is 0.333. The van der Waals surface area contributed by atoms with Gasteiger partial charge in [-0.3, -0.25) is 0 Å². The summed E-state index contributed by atoms with van der Waals surface area (Å²) in [5, 5.41) is 17.8. The highest BCUT2D eigenvalue weighted by molar-refractivity contribution is 5.28. The van der Waals surface area contributed by atoms with Crippen molar-refractivity contribution < 1.29 is 23.4 Å². The number of aromatic hydroxyl groups is 1. The third-order valence-electron chi connectivity index (χ3n) is 1.95. The summed E-state index contributed by atoms with van der Waals surface area (Å²) in [6.07, 6.45) is -7.36. The van der Waals surface area contributed by atoms with E-state index in [1.807, 2.05) is 0 Å². The maximum Gasteiger partial charge on any atom is 0.416 e. The first-order chi connectivity index (χ1) is 6.82. The molecule has 0 spiro atoms. The fourth-order valence-electron chi connectivity index (χ4n) is 1.08. The summed E-state index contributed by atoms with van der Waals surface area (Å²) >= 11 is 0. The molecule has 6 heteroatoms. The second kappa shape index (κ2) is 4.08. The molecule has 0 radical (unpaired) electrons. The lowest BCUT2D eigenvalue weighted by atomic mass is 10.0. The van der Waals surface area contributed by atoms with Crippen LogP contribution in [0.5, 0.6) is 5.75 Å². The Kier molecular flexibility index (Phi) is 3.21. The molecule has 0 saturated carbocycles. The van der Waals surface area contributed by atoms with Gasteiger partial charge in [-0.2, -0.15) is 13.2 Å². The molecule has 0 saturated heterocycles. The Morgan fingerprint density at radius 2 is 1.60 bits per heavy atom. The van der Waals surface area contributed by atoms with Crippen LogP contribution in [0.25, 0.3) is 0 Å². The third kappa shape index (κ3) is 2.84. The molecule has 0 unspecified atom stereocenters. The van der Waals surface area contributed by atoms with Crippen LogP contribution < -0.4 is 5.73 Å². The monoisotopic (exact) mass is 221 g/mol. The van der Waals surface area contributed by atoms with Gasteiger partial charge in [0.05, 0.1) is 6.04 Å². The Morgan fingerprint density at radius 3 is 2.00 bits per heavy atom. The van der Waals surface area contributed by atoms with Crippen LogP contribution in [0, 0.1) is 0 Å². The van der Waals surface area contributed by atoms with Crippen molar-refractivity contribution in [1.29, 1.82) is 0 Å². The second-order valence-electron chi connectivity index (χ2n) is 3.10. The van der Waals surface area contributed by atoms with Crippen LogP contribution in [-0.4, -0.2) is 22.5 Å². The SMILES string of the molecule is N[C@H](c1ccc(O)cc1)[C@@H](O)C(F)(F)F. The normalized spacial score (nSPS) is 16.1. The van der Waals surface area contributed by atoms with E-state index in [0.29, 0.717) is 0 Å². The largest absolute Gasteiger partial charge is 0.508 e. The van der Waals surface area contributed by atoms with E-state index in [1.165, 1.54) is 24.3 Å². The Labute approximate surface area is 84.0 Å². The number of halogens is 3. The fourth-order valence-corrected chi connectivity index (χ4v) is 1.08. The molecule has 0 amide bonds. The molecule has 0 bridgehead atoms. The van der Waals surface area contributed by atoms with Crippen molar-refractivity contribution in [3.05, 3.63) is 29.8 Å². The van der Waals surface area contributed by atoms with Gasteiger partial charge in [0, 0.05) is 0 Å². The first kappa shape index (κ1) is 11.8. The Hall–Kier alpha value is -1.27. The first-order valence-electron chi connectivity index (χ1n) is 4.11. The molecule has 1 aromatic rings. The molecule has 84 valence electrons. The number of rotatable bonds is 2. The molecule has 1 rings (SSSR count). The number of benzene rings is 1. The number of nitrogens with two attached hydrogens (primary N) is 1. The zero-order valence-electron chi connectivity index (χ0n) is 7.57. The number of phenolic OH excluding ortho intramolecular Hbond substituents is 1. The van der Waals surface area contributed by atoms with Crippen LogP contribution >= 0.6 is 0 Å². The van der Waals surface area contributed by atoms with E-state index in [-0.39, 0.29) is 11.3 Å². The molecule has 4 N–H and O–H groups in total. The minimum Gasteiger partial charge on any atom is -0.508 e. The molecule has 2 atom stereocenters. The summed E-state index contributed by atoms with van der Waals surface area (Å²) in [6, 6.07) is 3.33. The maximum absolute atomic E-state index is 12.1. The Morgan fingerprint density at radius 1 is 1.13 bits per heavy atom. The van der Waals surface area contributed by atoms with Gasteiger partial charge in [0.15, 0.2) is 6.10 Å². The van der Waals surface area contributed by atoms with E-state index < -0.39 is 18.3 Å². The summed E-state index contributed by atoms with van der Waals surface area (Å²) in [5.74, 6) is -0.0764. The minimum absolute atomic E-state index is 0.0764. The van der Waals surface area contributed by atoms with Crippen molar-refractivity contribution in [3.8, 4) is 5.75 Å². The highest BCUT2D eigenvalue weighted by Crippen LogP contribution is 2.29. The van der Waals surface area contributed by atoms with Crippen LogP contribution in [-0.2, 0) is 0 Å². The van der Waals surface area contributed by atoms with Gasteiger partial charge in [0.2, 0.25) is 0 Å². The summed E-state index contributed by atoms with van der Waals surface area (Å²) in [6.45, 7) is 0. The molecule has 1 aromatic carbocycles. The van der Waals surface area contributed by atoms with Crippen molar-refractivity contribution in [2.24, 2.45) is 5.73 Å². The first-order valence-corrected chi connectivity index (χ1v) is 4.11. The predicted octanol–water partition coefficient (Wildman–Crippen LogP) is 1.32. The zero-order valence-corrected chi connectivity index (χ0v) is 7.57. The number of hydrogen-bond acceptors (Lipinski definition) is 3. The molecule has 0 aliphatic heterocycles. The van der Waals surface area contributed by atoms with E-state index in [0.717, 1.165) is 0 Å². The van der Waals surface area contributed by atoms with Crippen LogP contribution in [0.3, 0.4) is 0 Å². The van der Waals surface area contributed by atoms with E-state index in [1.54, 1.807) is 0 Å². The van der Waals surface area contributed by atoms with Crippen molar-refractivity contribution in [3.63, 3.8) is 0 Å². The molecule has 0 aliphatic carbocycles. The van der Waals surface area contributed by atoms with Gasteiger partial charge in [-0.1, -0.05) is 12.1 Å². The Balaban J connectivity index is 2.85. The van der Waals surface area contributed by atoms with Gasteiger partial charge in [0.25, 0.3) is 0 Å². The van der Waals surface area contributed by atoms with E-state index in [4.69, 9.17) is 15.9 Å². The molecular formula is C9H10F3NO2. The molecule has 0 aromatic heterocycles. The summed E-state index contributed by atoms with van der Waals surface area (Å²) < 4.78 is 36.3. The predicted molar refractivity (Wildman–Crippen MR) is 47.1 cm³/mol. The van der Waals surface area contributed by atoms with Crippen LogP contribution in [0.15, 0.2) is 24.3 Å². The quantitative estimate of drug-likeness (QED) is 0.705. The van der Waals surface area contributed by atoms with Crippen LogP contribution in [0.1, 0.15) is 11.6 Å². The van der Waals surface area contributed by atoms with Crippen molar-refractivity contribution >= 4 is 0 Å². The molecular weight excluding hydrogens is 211 g/mol. The number of aliphatic hydroxyl groups is 1. The third-order valence-corrected chi connectivity index (χ3v) is 1.95. The van der Waals surface area contributed by atoms with Crippen LogP contribution in [0.4, 0.5) is 13.2 Å². The Bertz CT molecular complexity index is 323. The highest BCUT2D eigenvalue weighted by Gasteiger charge is 2.42. The number of aliphatic hydroxyl groups excluding tert-OH is 1. The standard InChI is InChI=1S/C9H10F3NO2/c10-9(11,12)8(15)7(13)5-1-3-6(14)4-2-5/h1-4,7-8,14-15H,13H2/t7-,8-/m1/s1. The lowest BCUT2D eigenvalue weighted by Crippen LogP contribution is -2.38. The van der Waals surface area contributed by atoms with E-state index in [9.17, 15) is 13.2 Å². The lowest BCUT2D eigenvalue weighted by molar-refractivity contribution is -0.210. The van der Waals surface area contributed by atoms with Gasteiger partial charge in [0.1, 0.15) is 5.75 Å². The molecule has 0 heterocycles. The average Bonchev–Trinajstić information content (AvgIpc) is 2.15. The lowest BCUT2D eigenvalue weighted by Gasteiger charge is -2.21. The van der Waals surface area contributed by atoms with Gasteiger partial charge in [-0.25, -0.2) is 0 Å². The topological polar surface area (TPSA) is 66.5 Å². The smallest absolute Gasteiger partial charge is 0.416 e. The number of phenols is 1. The molecule has 0 aliphatic rings. The van der Waals surface area contributed by atoms with Gasteiger partial charge < -0.3 is 15.9 Å². The van der Waals surface area contributed by atoms with Crippen molar-refractivity contribution in [2.75, 3.05) is 0 Å². The zero-order chi connectivity index (χ0) is 11.6. The van der Waals surface area contributed by atoms with Gasteiger partial charge >= 0.3 is 6.18 Å². The van der Waals surface area contributed by atoms with E-state index in [2.05, 4.69) is 0 Å². The van der Waals surface area contributed by atoms with Crippen molar-refractivity contribution in [2.45, 2.75) is 18.3 Å². The number of alkyl halides is 3. The van der Waals surface area contributed by atoms with E-state index >= 15 is 0 Å². The second-order valence-corrected chi connectivity index (χ2v) is 3.10. The van der Waals surface area contributed by atoms with Crippen LogP contribution in [0.2, 0.25) is 0 Å². The van der Waals surface area contributed by atoms with Crippen molar-refractivity contribution in [1.82, 2.24) is 0 Å².